The lowest BCUT2D eigenvalue weighted by Crippen LogP contribution is -1.96. The molecule has 1 aliphatic heterocycles. The van der Waals surface area contributed by atoms with Gasteiger partial charge in [0.15, 0.2) is 0 Å². The van der Waals surface area contributed by atoms with E-state index >= 15 is 0 Å². The van der Waals surface area contributed by atoms with Gasteiger partial charge in [0.1, 0.15) is 0 Å². The van der Waals surface area contributed by atoms with Crippen LogP contribution in [0.5, 0.6) is 0 Å². The van der Waals surface area contributed by atoms with E-state index in [0.29, 0.717) is 0 Å². The van der Waals surface area contributed by atoms with Crippen LogP contribution in [0.25, 0.3) is 87.2 Å². The molecule has 0 bridgehead atoms. The molecule has 1 heteroatoms. The molecular formula is C42H24S. The van der Waals surface area contributed by atoms with E-state index in [4.69, 9.17) is 0 Å². The highest BCUT2D eigenvalue weighted by molar-refractivity contribution is 7.99. The molecule has 0 N–H and O–H groups in total. The second-order valence-electron chi connectivity index (χ2n) is 11.6. The van der Waals surface area contributed by atoms with Gasteiger partial charge in [0, 0.05) is 15.2 Å². The van der Waals surface area contributed by atoms with Crippen LogP contribution in [0.3, 0.4) is 0 Å². The first-order valence-corrected chi connectivity index (χ1v) is 15.7. The second-order valence-corrected chi connectivity index (χ2v) is 12.7. The van der Waals surface area contributed by atoms with Crippen molar-refractivity contribution in [3.05, 3.63) is 146 Å². The zero-order valence-corrected chi connectivity index (χ0v) is 24.1. The summed E-state index contributed by atoms with van der Waals surface area (Å²) in [4.78, 5) is 2.66. The maximum Gasteiger partial charge on any atom is 0.0207 e. The van der Waals surface area contributed by atoms with E-state index in [1.165, 1.54) is 97.0 Å². The third-order valence-electron chi connectivity index (χ3n) is 9.42. The van der Waals surface area contributed by atoms with Crippen LogP contribution >= 0.6 is 11.8 Å². The average molecular weight is 561 g/mol. The minimum absolute atomic E-state index is 1.26. The monoisotopic (exact) mass is 560 g/mol. The van der Waals surface area contributed by atoms with Crippen LogP contribution in [0, 0.1) is 0 Å². The highest BCUT2D eigenvalue weighted by Crippen LogP contribution is 2.52. The molecule has 0 saturated heterocycles. The molecule has 1 aliphatic rings. The molecule has 0 aliphatic carbocycles. The van der Waals surface area contributed by atoms with Gasteiger partial charge in [0.25, 0.3) is 0 Å². The lowest BCUT2D eigenvalue weighted by molar-refractivity contribution is 1.40. The van der Waals surface area contributed by atoms with Crippen LogP contribution in [-0.4, -0.2) is 0 Å². The van der Waals surface area contributed by atoms with Crippen molar-refractivity contribution in [1.82, 2.24) is 0 Å². The van der Waals surface area contributed by atoms with Gasteiger partial charge in [-0.15, -0.1) is 0 Å². The van der Waals surface area contributed by atoms with Gasteiger partial charge < -0.3 is 0 Å². The van der Waals surface area contributed by atoms with E-state index in [2.05, 4.69) is 146 Å². The summed E-state index contributed by atoms with van der Waals surface area (Å²) in [6, 6.07) is 54.3. The van der Waals surface area contributed by atoms with E-state index in [1.54, 1.807) is 0 Å². The summed E-state index contributed by atoms with van der Waals surface area (Å²) in [6.45, 7) is 0. The maximum absolute atomic E-state index is 2.36. The van der Waals surface area contributed by atoms with E-state index in [0.717, 1.165) is 0 Å². The molecular weight excluding hydrogens is 537 g/mol. The Morgan fingerprint density at radius 1 is 0.279 bits per heavy atom. The predicted octanol–water partition coefficient (Wildman–Crippen LogP) is 12.4. The number of rotatable bonds is 2. The molecule has 43 heavy (non-hydrogen) atoms. The summed E-state index contributed by atoms with van der Waals surface area (Å²) >= 11 is 1.89. The Morgan fingerprint density at radius 3 is 1.81 bits per heavy atom. The number of benzene rings is 9. The molecule has 0 fully saturated rings. The predicted molar refractivity (Wildman–Crippen MR) is 186 cm³/mol. The summed E-state index contributed by atoms with van der Waals surface area (Å²) in [5, 5.41) is 13.1. The zero-order chi connectivity index (χ0) is 28.1. The Bertz CT molecular complexity index is 2570. The fraction of sp³-hybridized carbons (Fsp3) is 0. The van der Waals surface area contributed by atoms with Crippen molar-refractivity contribution in [3.63, 3.8) is 0 Å². The van der Waals surface area contributed by atoms with Crippen LogP contribution < -0.4 is 0 Å². The molecule has 198 valence electrons. The topological polar surface area (TPSA) is 0 Å². The molecule has 0 saturated carbocycles. The minimum Gasteiger partial charge on any atom is -0.0888 e. The second kappa shape index (κ2) is 8.70. The highest BCUT2D eigenvalue weighted by Gasteiger charge is 2.23. The van der Waals surface area contributed by atoms with Crippen molar-refractivity contribution >= 4 is 65.6 Å². The highest BCUT2D eigenvalue weighted by atomic mass is 32.2. The lowest BCUT2D eigenvalue weighted by atomic mass is 9.83. The van der Waals surface area contributed by atoms with Gasteiger partial charge >= 0.3 is 0 Å². The van der Waals surface area contributed by atoms with Crippen molar-refractivity contribution in [2.45, 2.75) is 9.79 Å². The molecule has 10 rings (SSSR count). The van der Waals surface area contributed by atoms with Gasteiger partial charge in [-0.3, -0.25) is 0 Å². The van der Waals surface area contributed by atoms with Gasteiger partial charge in [-0.1, -0.05) is 145 Å². The van der Waals surface area contributed by atoms with E-state index < -0.39 is 0 Å². The van der Waals surface area contributed by atoms with Gasteiger partial charge in [0.2, 0.25) is 0 Å². The van der Waals surface area contributed by atoms with Crippen LogP contribution in [0.2, 0.25) is 0 Å². The van der Waals surface area contributed by atoms with Gasteiger partial charge in [0.05, 0.1) is 0 Å². The van der Waals surface area contributed by atoms with Crippen LogP contribution in [-0.2, 0) is 0 Å². The maximum atomic E-state index is 2.36. The van der Waals surface area contributed by atoms with E-state index in [1.807, 2.05) is 11.8 Å². The minimum atomic E-state index is 1.26. The van der Waals surface area contributed by atoms with Gasteiger partial charge in [-0.05, 0) is 94.0 Å². The molecule has 9 aromatic rings. The Balaban J connectivity index is 1.33. The summed E-state index contributed by atoms with van der Waals surface area (Å²) in [5.41, 5.74) is 7.81. The Labute approximate surface area is 253 Å². The number of hydrogen-bond acceptors (Lipinski definition) is 1. The first kappa shape index (κ1) is 23.5. The van der Waals surface area contributed by atoms with E-state index in [9.17, 15) is 0 Å². The fourth-order valence-corrected chi connectivity index (χ4v) is 8.68. The third-order valence-corrected chi connectivity index (χ3v) is 10.6. The molecule has 9 aromatic carbocycles. The van der Waals surface area contributed by atoms with Crippen molar-refractivity contribution in [2.24, 2.45) is 0 Å². The normalized spacial score (nSPS) is 12.6. The lowest BCUT2D eigenvalue weighted by Gasteiger charge is -2.23. The Morgan fingerprint density at radius 2 is 0.884 bits per heavy atom. The third kappa shape index (κ3) is 3.23. The van der Waals surface area contributed by atoms with Gasteiger partial charge in [-0.2, -0.15) is 0 Å². The van der Waals surface area contributed by atoms with Crippen molar-refractivity contribution in [2.75, 3.05) is 0 Å². The zero-order valence-electron chi connectivity index (χ0n) is 23.3. The Kier molecular flexibility index (Phi) is 4.75. The quantitative estimate of drug-likeness (QED) is 0.190. The van der Waals surface area contributed by atoms with E-state index in [-0.39, 0.29) is 0 Å². The first-order valence-electron chi connectivity index (χ1n) is 14.9. The summed E-state index contributed by atoms with van der Waals surface area (Å²) in [5.74, 6) is 0. The standard InChI is InChI=1S/C42H24S/c1-2-10-29-25(7-1)17-21-35(30-20-18-28-16-15-26-8-5-9-27-19-22-34(30)40(28)39(26)27)41(29)36-23-24-38-42-32(12-6-13-33(36)42)31-11-3-4-14-37(31)43-38/h1-24H. The summed E-state index contributed by atoms with van der Waals surface area (Å²) < 4.78 is 0. The molecule has 0 atom stereocenters. The molecule has 0 radical (unpaired) electrons. The SMILES string of the molecule is c1ccc2c(c1)Sc1ccc(-c3c(-c4ccc5ccc6cccc7ccc4c5c67)ccc4ccccc34)c3cccc-2c13. The van der Waals surface area contributed by atoms with Crippen LogP contribution in [0.1, 0.15) is 0 Å². The van der Waals surface area contributed by atoms with Crippen LogP contribution in [0.4, 0.5) is 0 Å². The first-order chi connectivity index (χ1) is 21.3. The molecule has 0 aromatic heterocycles. The van der Waals surface area contributed by atoms with Crippen molar-refractivity contribution in [1.29, 1.82) is 0 Å². The fourth-order valence-electron chi connectivity index (χ4n) is 7.55. The number of fused-ring (bicyclic) bond motifs is 3. The van der Waals surface area contributed by atoms with Gasteiger partial charge in [-0.25, -0.2) is 0 Å². The summed E-state index contributed by atoms with van der Waals surface area (Å²) in [6.07, 6.45) is 0. The Hall–Kier alpha value is -5.11. The molecule has 0 nitrogen and oxygen atoms in total. The smallest absolute Gasteiger partial charge is 0.0207 e. The molecule has 0 spiro atoms. The largest absolute Gasteiger partial charge is 0.0888 e. The molecule has 0 amide bonds. The van der Waals surface area contributed by atoms with Crippen molar-refractivity contribution < 1.29 is 0 Å². The molecule has 1 heterocycles. The average Bonchev–Trinajstić information content (AvgIpc) is 3.07. The summed E-state index contributed by atoms with van der Waals surface area (Å²) in [7, 11) is 0. The van der Waals surface area contributed by atoms with Crippen LogP contribution in [0.15, 0.2) is 155 Å². The molecule has 0 unspecified atom stereocenters. The number of hydrogen-bond donors (Lipinski definition) is 0. The van der Waals surface area contributed by atoms with Crippen molar-refractivity contribution in [3.8, 4) is 33.4 Å².